The molecule has 2 aromatic carbocycles. The summed E-state index contributed by atoms with van der Waals surface area (Å²) in [6.07, 6.45) is 1.56. The summed E-state index contributed by atoms with van der Waals surface area (Å²) in [6.45, 7) is 0. The first kappa shape index (κ1) is 19.3. The highest BCUT2D eigenvalue weighted by Gasteiger charge is 2.21. The van der Waals surface area contributed by atoms with Gasteiger partial charge in [0.05, 0.1) is 22.3 Å². The minimum Gasteiger partial charge on any atom is -0.319 e. The Balaban J connectivity index is 1.69. The average molecular weight is 407 g/mol. The second-order valence-corrected chi connectivity index (χ2v) is 6.35. The predicted molar refractivity (Wildman–Crippen MR) is 104 cm³/mol. The monoisotopic (exact) mass is 407 g/mol. The topological polar surface area (TPSA) is 72.0 Å². The molecule has 148 valence electrons. The van der Waals surface area contributed by atoms with Crippen LogP contribution in [0.5, 0.6) is 0 Å². The number of hydrogen-bond acceptors (Lipinski definition) is 4. The molecule has 0 aliphatic carbocycles. The van der Waals surface area contributed by atoms with Crippen molar-refractivity contribution in [2.45, 2.75) is 0 Å². The number of amides is 1. The van der Waals surface area contributed by atoms with Crippen LogP contribution in [0, 0.1) is 17.5 Å². The van der Waals surface area contributed by atoms with Gasteiger partial charge in [0.2, 0.25) is 5.78 Å². The second-order valence-electron chi connectivity index (χ2n) is 6.35. The molecular formula is C22H12F3N3O2. The maximum absolute atomic E-state index is 14.9. The summed E-state index contributed by atoms with van der Waals surface area (Å²) in [7, 11) is 0. The van der Waals surface area contributed by atoms with Crippen LogP contribution in [0.25, 0.3) is 11.0 Å². The number of nitrogens with zero attached hydrogens (tertiary/aromatic N) is 2. The Hall–Kier alpha value is -4.07. The SMILES string of the molecule is O=C(Nc1cc(F)cc(C(=O)c2ccc3ncccc3n2)c1F)c1cccc(F)c1. The van der Waals surface area contributed by atoms with Crippen molar-refractivity contribution < 1.29 is 22.8 Å². The zero-order chi connectivity index (χ0) is 21.3. The van der Waals surface area contributed by atoms with E-state index >= 15 is 0 Å². The van der Waals surface area contributed by atoms with Gasteiger partial charge in [0.25, 0.3) is 5.91 Å². The standard InChI is InChI=1S/C22H12F3N3O2/c23-13-4-1-3-12(9-13)22(30)28-19-11-14(24)10-15(20(19)25)21(29)18-7-6-16-17(27-18)5-2-8-26-16/h1-11H,(H,28,30). The molecule has 0 bridgehead atoms. The van der Waals surface area contributed by atoms with Gasteiger partial charge < -0.3 is 5.32 Å². The van der Waals surface area contributed by atoms with Crippen LogP contribution in [0.3, 0.4) is 0 Å². The van der Waals surface area contributed by atoms with Gasteiger partial charge in [-0.15, -0.1) is 0 Å². The fraction of sp³-hybridized carbons (Fsp3) is 0. The molecule has 0 aliphatic heterocycles. The van der Waals surface area contributed by atoms with E-state index in [4.69, 9.17) is 0 Å². The van der Waals surface area contributed by atoms with Crippen LogP contribution >= 0.6 is 0 Å². The van der Waals surface area contributed by atoms with Crippen molar-refractivity contribution in [3.63, 3.8) is 0 Å². The number of aromatic nitrogens is 2. The lowest BCUT2D eigenvalue weighted by molar-refractivity contribution is 0.101. The molecule has 0 fully saturated rings. The maximum atomic E-state index is 14.9. The lowest BCUT2D eigenvalue weighted by Crippen LogP contribution is -2.16. The summed E-state index contributed by atoms with van der Waals surface area (Å²) in [4.78, 5) is 33.2. The van der Waals surface area contributed by atoms with Crippen molar-refractivity contribution in [2.24, 2.45) is 0 Å². The number of fused-ring (bicyclic) bond motifs is 1. The Bertz CT molecular complexity index is 1310. The van der Waals surface area contributed by atoms with E-state index in [1.54, 1.807) is 24.4 Å². The van der Waals surface area contributed by atoms with Gasteiger partial charge >= 0.3 is 0 Å². The first-order valence-electron chi connectivity index (χ1n) is 8.75. The lowest BCUT2D eigenvalue weighted by atomic mass is 10.0. The van der Waals surface area contributed by atoms with Crippen molar-refractivity contribution in [3.05, 3.63) is 101 Å². The summed E-state index contributed by atoms with van der Waals surface area (Å²) < 4.78 is 42.3. The van der Waals surface area contributed by atoms with Crippen LogP contribution in [0.4, 0.5) is 18.9 Å². The highest BCUT2D eigenvalue weighted by atomic mass is 19.1. The number of pyridine rings is 2. The van der Waals surface area contributed by atoms with E-state index in [2.05, 4.69) is 15.3 Å². The molecule has 2 heterocycles. The molecule has 0 aliphatic rings. The fourth-order valence-electron chi connectivity index (χ4n) is 2.89. The normalized spacial score (nSPS) is 10.8. The minimum atomic E-state index is -1.13. The highest BCUT2D eigenvalue weighted by Crippen LogP contribution is 2.24. The number of nitrogens with one attached hydrogen (secondary N) is 1. The van der Waals surface area contributed by atoms with Gasteiger partial charge in [0.15, 0.2) is 5.82 Å². The van der Waals surface area contributed by atoms with Crippen molar-refractivity contribution in [3.8, 4) is 0 Å². The third-order valence-corrected chi connectivity index (χ3v) is 4.31. The van der Waals surface area contributed by atoms with Crippen molar-refractivity contribution in [1.29, 1.82) is 0 Å². The molecule has 4 aromatic rings. The Morgan fingerprint density at radius 2 is 1.67 bits per heavy atom. The quantitative estimate of drug-likeness (QED) is 0.505. The number of hydrogen-bond donors (Lipinski definition) is 1. The molecule has 1 N–H and O–H groups in total. The minimum absolute atomic E-state index is 0.0877. The van der Waals surface area contributed by atoms with Gasteiger partial charge in [-0.25, -0.2) is 18.2 Å². The van der Waals surface area contributed by atoms with E-state index in [-0.39, 0.29) is 11.3 Å². The molecule has 5 nitrogen and oxygen atoms in total. The van der Waals surface area contributed by atoms with Crippen LogP contribution in [0.1, 0.15) is 26.4 Å². The summed E-state index contributed by atoms with van der Waals surface area (Å²) in [5, 5.41) is 2.17. The molecule has 30 heavy (non-hydrogen) atoms. The number of halogens is 3. The van der Waals surface area contributed by atoms with E-state index in [1.807, 2.05) is 0 Å². The number of anilines is 1. The zero-order valence-electron chi connectivity index (χ0n) is 15.2. The van der Waals surface area contributed by atoms with Gasteiger partial charge in [-0.3, -0.25) is 14.6 Å². The van der Waals surface area contributed by atoms with Gasteiger partial charge in [0, 0.05) is 17.8 Å². The van der Waals surface area contributed by atoms with E-state index in [0.717, 1.165) is 24.3 Å². The molecule has 0 unspecified atom stereocenters. The van der Waals surface area contributed by atoms with Crippen LogP contribution < -0.4 is 5.32 Å². The molecule has 0 spiro atoms. The Morgan fingerprint density at radius 1 is 0.833 bits per heavy atom. The molecule has 0 saturated heterocycles. The predicted octanol–water partition coefficient (Wildman–Crippen LogP) is 4.53. The first-order valence-corrected chi connectivity index (χ1v) is 8.75. The smallest absolute Gasteiger partial charge is 0.255 e. The van der Waals surface area contributed by atoms with Crippen molar-refractivity contribution in [1.82, 2.24) is 9.97 Å². The third kappa shape index (κ3) is 3.75. The van der Waals surface area contributed by atoms with Crippen LogP contribution in [0.15, 0.2) is 66.9 Å². The first-order chi connectivity index (χ1) is 14.4. The Morgan fingerprint density at radius 3 is 2.47 bits per heavy atom. The van der Waals surface area contributed by atoms with Gasteiger partial charge in [-0.1, -0.05) is 6.07 Å². The van der Waals surface area contributed by atoms with E-state index < -0.39 is 40.4 Å². The summed E-state index contributed by atoms with van der Waals surface area (Å²) in [6, 6.07) is 12.3. The molecule has 0 saturated carbocycles. The van der Waals surface area contributed by atoms with E-state index in [1.165, 1.54) is 18.2 Å². The lowest BCUT2D eigenvalue weighted by Gasteiger charge is -2.10. The van der Waals surface area contributed by atoms with Crippen LogP contribution in [-0.4, -0.2) is 21.7 Å². The molecule has 1 amide bonds. The van der Waals surface area contributed by atoms with Crippen molar-refractivity contribution >= 4 is 28.4 Å². The fourth-order valence-corrected chi connectivity index (χ4v) is 2.89. The maximum Gasteiger partial charge on any atom is 0.255 e. The van der Waals surface area contributed by atoms with E-state index in [0.29, 0.717) is 11.0 Å². The van der Waals surface area contributed by atoms with E-state index in [9.17, 15) is 22.8 Å². The number of rotatable bonds is 4. The van der Waals surface area contributed by atoms with Gasteiger partial charge in [0.1, 0.15) is 17.3 Å². The molecule has 4 rings (SSSR count). The third-order valence-electron chi connectivity index (χ3n) is 4.31. The van der Waals surface area contributed by atoms with Gasteiger partial charge in [-0.05, 0) is 48.5 Å². The molecule has 0 radical (unpaired) electrons. The molecule has 2 aromatic heterocycles. The Kier molecular flexibility index (Phi) is 4.97. The number of carbonyl (C=O) groups excluding carboxylic acids is 2. The second kappa shape index (κ2) is 7.75. The van der Waals surface area contributed by atoms with Gasteiger partial charge in [-0.2, -0.15) is 0 Å². The summed E-state index contributed by atoms with van der Waals surface area (Å²) in [5.41, 5.74) is -0.385. The van der Waals surface area contributed by atoms with Crippen LogP contribution in [0.2, 0.25) is 0 Å². The number of carbonyl (C=O) groups is 2. The largest absolute Gasteiger partial charge is 0.319 e. The van der Waals surface area contributed by atoms with Crippen LogP contribution in [-0.2, 0) is 0 Å². The molecule has 8 heteroatoms. The number of ketones is 1. The van der Waals surface area contributed by atoms with Crippen molar-refractivity contribution in [2.75, 3.05) is 5.32 Å². The number of benzene rings is 2. The summed E-state index contributed by atoms with van der Waals surface area (Å²) >= 11 is 0. The average Bonchev–Trinajstić information content (AvgIpc) is 2.75. The highest BCUT2D eigenvalue weighted by molar-refractivity contribution is 6.10. The summed E-state index contributed by atoms with van der Waals surface area (Å²) in [5.74, 6) is -4.43. The Labute approximate surface area is 168 Å². The molecular weight excluding hydrogens is 395 g/mol. The zero-order valence-corrected chi connectivity index (χ0v) is 15.2. The molecule has 0 atom stereocenters.